The molecule has 10 heteroatoms. The van der Waals surface area contributed by atoms with Gasteiger partial charge in [-0.2, -0.15) is 0 Å². The van der Waals surface area contributed by atoms with Gasteiger partial charge in [-0.25, -0.2) is 12.8 Å². The molecule has 140 valence electrons. The molecule has 0 atom stereocenters. The Labute approximate surface area is 153 Å². The zero-order valence-corrected chi connectivity index (χ0v) is 14.7. The van der Waals surface area contributed by atoms with Crippen molar-refractivity contribution in [1.29, 1.82) is 0 Å². The maximum Gasteiger partial charge on any atom is 0.295 e. The summed E-state index contributed by atoms with van der Waals surface area (Å²) in [6, 6.07) is 6.73. The van der Waals surface area contributed by atoms with Crippen LogP contribution in [0.3, 0.4) is 0 Å². The van der Waals surface area contributed by atoms with Crippen molar-refractivity contribution in [3.63, 3.8) is 0 Å². The van der Waals surface area contributed by atoms with E-state index in [0.717, 1.165) is 36.8 Å². The molecule has 27 heavy (non-hydrogen) atoms. The van der Waals surface area contributed by atoms with Gasteiger partial charge in [0.15, 0.2) is 0 Å². The largest absolute Gasteiger partial charge is 0.319 e. The number of nitro groups is 1. The minimum atomic E-state index is -4.07. The van der Waals surface area contributed by atoms with Gasteiger partial charge < -0.3 is 5.32 Å². The summed E-state index contributed by atoms with van der Waals surface area (Å²) in [5, 5.41) is 14.0. The van der Waals surface area contributed by atoms with Crippen molar-refractivity contribution in [3.8, 4) is 0 Å². The van der Waals surface area contributed by atoms with E-state index < -0.39 is 26.2 Å². The lowest BCUT2D eigenvalue weighted by molar-refractivity contribution is -0.383. The van der Waals surface area contributed by atoms with Gasteiger partial charge >= 0.3 is 0 Å². The summed E-state index contributed by atoms with van der Waals surface area (Å²) < 4.78 is 40.4. The van der Waals surface area contributed by atoms with Crippen LogP contribution in [-0.4, -0.2) is 19.2 Å². The number of benzene rings is 2. The number of nitrogens with one attached hydrogen (secondary N) is 2. The van der Waals surface area contributed by atoms with Crippen LogP contribution >= 0.6 is 0 Å². The number of rotatable bonds is 4. The molecule has 0 saturated heterocycles. The number of fused-ring (bicyclic) bond motifs is 2. The van der Waals surface area contributed by atoms with Crippen LogP contribution in [0.1, 0.15) is 24.8 Å². The average Bonchev–Trinajstić information content (AvgIpc) is 2.85. The summed E-state index contributed by atoms with van der Waals surface area (Å²) in [6.07, 6.45) is 1.92. The molecule has 2 N–H and O–H groups in total. The van der Waals surface area contributed by atoms with Crippen molar-refractivity contribution < 1.29 is 22.5 Å². The van der Waals surface area contributed by atoms with Crippen LogP contribution in [0.15, 0.2) is 41.3 Å². The van der Waals surface area contributed by atoms with Gasteiger partial charge in [0.05, 0.1) is 20.9 Å². The van der Waals surface area contributed by atoms with Gasteiger partial charge in [-0.15, -0.1) is 0 Å². The molecule has 0 radical (unpaired) electrons. The molecule has 1 aliphatic heterocycles. The second-order valence-electron chi connectivity index (χ2n) is 6.62. The standard InChI is InChI=1S/C17H14FN3O5S/c18-10-2-4-12(5-3-10)27(25,26)20-11-8-13-15(14(9-11)21(23)24)19-16(22)17(13)6-1-7-17/h2-5,8-9,20H,1,6-7H2,(H,19,22). The van der Waals surface area contributed by atoms with E-state index in [9.17, 15) is 27.7 Å². The summed E-state index contributed by atoms with van der Waals surface area (Å²) in [7, 11) is -4.07. The Bertz CT molecular complexity index is 1080. The predicted molar refractivity (Wildman–Crippen MR) is 94.5 cm³/mol. The molecule has 2 aliphatic rings. The number of nitrogens with zero attached hydrogens (tertiary/aromatic N) is 1. The van der Waals surface area contributed by atoms with Crippen LogP contribution in [0.4, 0.5) is 21.5 Å². The SMILES string of the molecule is O=C1Nc2c([N+](=O)[O-])cc(NS(=O)(=O)c3ccc(F)cc3)cc2C12CCC2. The number of carbonyl (C=O) groups excluding carboxylic acids is 1. The van der Waals surface area contributed by atoms with Crippen molar-refractivity contribution in [1.82, 2.24) is 0 Å². The van der Waals surface area contributed by atoms with Crippen molar-refractivity contribution in [2.45, 2.75) is 29.6 Å². The highest BCUT2D eigenvalue weighted by molar-refractivity contribution is 7.92. The van der Waals surface area contributed by atoms with E-state index in [1.807, 2.05) is 0 Å². The van der Waals surface area contributed by atoms with E-state index in [1.165, 1.54) is 6.07 Å². The lowest BCUT2D eigenvalue weighted by atomic mass is 9.65. The quantitative estimate of drug-likeness (QED) is 0.614. The lowest BCUT2D eigenvalue weighted by Crippen LogP contribution is -2.40. The van der Waals surface area contributed by atoms with Gasteiger partial charge in [0, 0.05) is 11.6 Å². The topological polar surface area (TPSA) is 118 Å². The Morgan fingerprint density at radius 3 is 2.41 bits per heavy atom. The molecule has 0 unspecified atom stereocenters. The maximum atomic E-state index is 13.0. The summed E-state index contributed by atoms with van der Waals surface area (Å²) in [6.45, 7) is 0. The Kier molecular flexibility index (Phi) is 3.70. The molecule has 1 saturated carbocycles. The maximum absolute atomic E-state index is 13.0. The molecule has 1 amide bonds. The number of halogens is 1. The molecular weight excluding hydrogens is 377 g/mol. The predicted octanol–water partition coefficient (Wildman–Crippen LogP) is 2.91. The number of amides is 1. The first kappa shape index (κ1) is 17.4. The number of nitro benzene ring substituents is 1. The molecule has 4 rings (SSSR count). The van der Waals surface area contributed by atoms with E-state index in [0.29, 0.717) is 18.4 Å². The van der Waals surface area contributed by atoms with Crippen LogP contribution in [0.2, 0.25) is 0 Å². The molecule has 0 aromatic heterocycles. The fourth-order valence-electron chi connectivity index (χ4n) is 3.55. The van der Waals surface area contributed by atoms with Crippen LogP contribution in [0, 0.1) is 15.9 Å². The molecule has 1 fully saturated rings. The number of hydrogen-bond donors (Lipinski definition) is 2. The third-order valence-corrected chi connectivity index (χ3v) is 6.48. The first-order valence-electron chi connectivity index (χ1n) is 8.16. The molecule has 2 aromatic rings. The highest BCUT2D eigenvalue weighted by Crippen LogP contribution is 2.54. The molecular formula is C17H14FN3O5S. The van der Waals surface area contributed by atoms with Gasteiger partial charge in [0.1, 0.15) is 11.5 Å². The summed E-state index contributed by atoms with van der Waals surface area (Å²) in [4.78, 5) is 23.0. The molecule has 1 aliphatic carbocycles. The highest BCUT2D eigenvalue weighted by atomic mass is 32.2. The third-order valence-electron chi connectivity index (χ3n) is 5.09. The number of sulfonamides is 1. The second kappa shape index (κ2) is 5.74. The Balaban J connectivity index is 1.79. The Morgan fingerprint density at radius 2 is 1.85 bits per heavy atom. The van der Waals surface area contributed by atoms with Gasteiger partial charge in [0.25, 0.3) is 15.7 Å². The smallest absolute Gasteiger partial charge is 0.295 e. The zero-order valence-electron chi connectivity index (χ0n) is 13.9. The molecule has 0 bridgehead atoms. The van der Waals surface area contributed by atoms with Crippen LogP contribution in [0.25, 0.3) is 0 Å². The minimum Gasteiger partial charge on any atom is -0.319 e. The highest BCUT2D eigenvalue weighted by Gasteiger charge is 2.53. The molecule has 1 heterocycles. The fraction of sp³-hybridized carbons (Fsp3) is 0.235. The van der Waals surface area contributed by atoms with Crippen molar-refractivity contribution in [2.24, 2.45) is 0 Å². The van der Waals surface area contributed by atoms with E-state index >= 15 is 0 Å². The zero-order chi connectivity index (χ0) is 19.4. The Morgan fingerprint density at radius 1 is 1.19 bits per heavy atom. The fourth-order valence-corrected chi connectivity index (χ4v) is 4.59. The molecule has 8 nitrogen and oxygen atoms in total. The van der Waals surface area contributed by atoms with Crippen molar-refractivity contribution in [2.75, 3.05) is 10.0 Å². The van der Waals surface area contributed by atoms with E-state index in [1.54, 1.807) is 0 Å². The summed E-state index contributed by atoms with van der Waals surface area (Å²) >= 11 is 0. The lowest BCUT2D eigenvalue weighted by Gasteiger charge is -2.36. The third kappa shape index (κ3) is 2.64. The number of anilines is 2. The number of hydrogen-bond acceptors (Lipinski definition) is 5. The van der Waals surface area contributed by atoms with Crippen molar-refractivity contribution >= 4 is 33.0 Å². The van der Waals surface area contributed by atoms with E-state index in [4.69, 9.17) is 0 Å². The number of carbonyl (C=O) groups is 1. The van der Waals surface area contributed by atoms with Crippen LogP contribution in [0.5, 0.6) is 0 Å². The van der Waals surface area contributed by atoms with Crippen LogP contribution in [-0.2, 0) is 20.2 Å². The average molecular weight is 391 g/mol. The van der Waals surface area contributed by atoms with Crippen molar-refractivity contribution in [3.05, 3.63) is 57.9 Å². The normalized spacial score (nSPS) is 17.1. The molecule has 2 aromatic carbocycles. The van der Waals surface area contributed by atoms with Gasteiger partial charge in [-0.05, 0) is 43.2 Å². The monoisotopic (exact) mass is 391 g/mol. The second-order valence-corrected chi connectivity index (χ2v) is 8.31. The van der Waals surface area contributed by atoms with E-state index in [2.05, 4.69) is 10.0 Å². The van der Waals surface area contributed by atoms with Gasteiger partial charge in [-0.3, -0.25) is 19.6 Å². The molecule has 1 spiro atoms. The van der Waals surface area contributed by atoms with Gasteiger partial charge in [-0.1, -0.05) is 6.42 Å². The first-order chi connectivity index (χ1) is 12.7. The van der Waals surface area contributed by atoms with E-state index in [-0.39, 0.29) is 27.9 Å². The summed E-state index contributed by atoms with van der Waals surface area (Å²) in [5.74, 6) is -0.885. The summed E-state index contributed by atoms with van der Waals surface area (Å²) in [5.41, 5.74) is -0.676. The first-order valence-corrected chi connectivity index (χ1v) is 9.64. The minimum absolute atomic E-state index is 0.0208. The van der Waals surface area contributed by atoms with Crippen LogP contribution < -0.4 is 10.0 Å². The van der Waals surface area contributed by atoms with Gasteiger partial charge in [0.2, 0.25) is 5.91 Å². The Hall–Kier alpha value is -3.01.